The third-order valence-corrected chi connectivity index (χ3v) is 5.18. The Morgan fingerprint density at radius 2 is 1.79 bits per heavy atom. The summed E-state index contributed by atoms with van der Waals surface area (Å²) in [6, 6.07) is 13.9. The van der Waals surface area contributed by atoms with Gasteiger partial charge in [-0.3, -0.25) is 0 Å². The van der Waals surface area contributed by atoms with Gasteiger partial charge >= 0.3 is 0 Å². The van der Waals surface area contributed by atoms with Crippen molar-refractivity contribution in [2.24, 2.45) is 0 Å². The first-order valence-electron chi connectivity index (χ1n) is 7.99. The molecule has 0 aliphatic rings. The van der Waals surface area contributed by atoms with Crippen LogP contribution in [0.3, 0.4) is 0 Å². The van der Waals surface area contributed by atoms with Gasteiger partial charge in [0.05, 0.1) is 17.2 Å². The van der Waals surface area contributed by atoms with Gasteiger partial charge in [-0.05, 0) is 55.3 Å². The molecule has 0 saturated heterocycles. The summed E-state index contributed by atoms with van der Waals surface area (Å²) in [4.78, 5) is 0. The van der Waals surface area contributed by atoms with Gasteiger partial charge in [0.2, 0.25) is 0 Å². The summed E-state index contributed by atoms with van der Waals surface area (Å²) in [5.74, 6) is 0.867. The third-order valence-electron chi connectivity index (χ3n) is 4.44. The van der Waals surface area contributed by atoms with Gasteiger partial charge < -0.3 is 10.1 Å². The van der Waals surface area contributed by atoms with Crippen LogP contribution in [-0.2, 0) is 5.54 Å². The maximum absolute atomic E-state index is 6.07. The predicted octanol–water partition coefficient (Wildman–Crippen LogP) is 5.93. The Morgan fingerprint density at radius 1 is 1.08 bits per heavy atom. The first kappa shape index (κ1) is 18.9. The fourth-order valence-electron chi connectivity index (χ4n) is 2.81. The summed E-state index contributed by atoms with van der Waals surface area (Å²) >= 11 is 12.0. The van der Waals surface area contributed by atoms with Gasteiger partial charge in [0.25, 0.3) is 0 Å². The molecule has 2 nitrogen and oxygen atoms in total. The van der Waals surface area contributed by atoms with E-state index in [-0.39, 0.29) is 5.54 Å². The number of methoxy groups -OCH3 is 1. The van der Waals surface area contributed by atoms with Crippen LogP contribution in [0.25, 0.3) is 6.08 Å². The molecule has 2 aromatic rings. The van der Waals surface area contributed by atoms with Crippen molar-refractivity contribution in [3.8, 4) is 5.75 Å². The van der Waals surface area contributed by atoms with E-state index in [0.29, 0.717) is 10.0 Å². The van der Waals surface area contributed by atoms with Gasteiger partial charge in [0.15, 0.2) is 0 Å². The molecule has 24 heavy (non-hydrogen) atoms. The minimum Gasteiger partial charge on any atom is -0.497 e. The van der Waals surface area contributed by atoms with Crippen molar-refractivity contribution in [2.75, 3.05) is 14.2 Å². The minimum absolute atomic E-state index is 0.112. The number of benzene rings is 2. The average Bonchev–Trinajstić information content (AvgIpc) is 2.62. The van der Waals surface area contributed by atoms with Gasteiger partial charge in [-0.25, -0.2) is 0 Å². The highest BCUT2D eigenvalue weighted by molar-refractivity contribution is 6.42. The molecule has 2 aromatic carbocycles. The molecule has 0 amide bonds. The molecule has 0 aromatic heterocycles. The quantitative estimate of drug-likeness (QED) is 0.657. The molecule has 0 saturated carbocycles. The van der Waals surface area contributed by atoms with Crippen LogP contribution >= 0.6 is 23.2 Å². The van der Waals surface area contributed by atoms with Crippen LogP contribution in [0.4, 0.5) is 0 Å². The first-order chi connectivity index (χ1) is 11.5. The summed E-state index contributed by atoms with van der Waals surface area (Å²) in [5, 5.41) is 4.63. The van der Waals surface area contributed by atoms with E-state index in [9.17, 15) is 0 Å². The van der Waals surface area contributed by atoms with Gasteiger partial charge in [-0.2, -0.15) is 0 Å². The zero-order chi connectivity index (χ0) is 17.6. The molecule has 0 heterocycles. The van der Waals surface area contributed by atoms with Gasteiger partial charge in [0, 0.05) is 5.54 Å². The standard InChI is InChI=1S/C20H23Cl2NO/c1-4-20(23-2,16-8-10-17(24-3)11-9-16)13-5-6-15-7-12-18(21)19(22)14-15/h5-12,14,23H,4,13H2,1-3H3. The number of ether oxygens (including phenoxy) is 1. The molecule has 0 bridgehead atoms. The molecule has 0 aliphatic heterocycles. The monoisotopic (exact) mass is 363 g/mol. The van der Waals surface area contributed by atoms with Crippen molar-refractivity contribution in [1.82, 2.24) is 5.32 Å². The van der Waals surface area contributed by atoms with Gasteiger partial charge in [-0.15, -0.1) is 0 Å². The molecule has 0 spiro atoms. The Morgan fingerprint density at radius 3 is 2.33 bits per heavy atom. The van der Waals surface area contributed by atoms with Gasteiger partial charge in [-0.1, -0.05) is 60.5 Å². The van der Waals surface area contributed by atoms with Crippen LogP contribution in [0.1, 0.15) is 30.9 Å². The highest BCUT2D eigenvalue weighted by Gasteiger charge is 2.26. The topological polar surface area (TPSA) is 21.3 Å². The molecule has 2 rings (SSSR count). The smallest absolute Gasteiger partial charge is 0.118 e. The van der Waals surface area contributed by atoms with Crippen molar-refractivity contribution in [3.05, 3.63) is 69.7 Å². The molecule has 0 radical (unpaired) electrons. The van der Waals surface area contributed by atoms with E-state index in [0.717, 1.165) is 24.2 Å². The molecule has 128 valence electrons. The maximum Gasteiger partial charge on any atom is 0.118 e. The number of hydrogen-bond acceptors (Lipinski definition) is 2. The molecule has 4 heteroatoms. The second kappa shape index (κ2) is 8.57. The van der Waals surface area contributed by atoms with E-state index < -0.39 is 0 Å². The normalized spacial score (nSPS) is 13.9. The van der Waals surface area contributed by atoms with Crippen LogP contribution in [0.15, 0.2) is 48.5 Å². The van der Waals surface area contributed by atoms with Crippen LogP contribution in [0.2, 0.25) is 10.0 Å². The fraction of sp³-hybridized carbons (Fsp3) is 0.300. The van der Waals surface area contributed by atoms with Crippen molar-refractivity contribution >= 4 is 29.3 Å². The number of halogens is 2. The van der Waals surface area contributed by atoms with Crippen LogP contribution in [0.5, 0.6) is 5.75 Å². The van der Waals surface area contributed by atoms with E-state index in [4.69, 9.17) is 27.9 Å². The zero-order valence-corrected chi connectivity index (χ0v) is 15.8. The Hall–Kier alpha value is -1.48. The highest BCUT2D eigenvalue weighted by atomic mass is 35.5. The summed E-state index contributed by atoms with van der Waals surface area (Å²) in [5.41, 5.74) is 2.17. The van der Waals surface area contributed by atoms with E-state index in [2.05, 4.69) is 36.5 Å². The second-order valence-electron chi connectivity index (χ2n) is 5.69. The van der Waals surface area contributed by atoms with Crippen LogP contribution in [0, 0.1) is 0 Å². The van der Waals surface area contributed by atoms with E-state index in [1.165, 1.54) is 5.56 Å². The minimum atomic E-state index is -0.112. The summed E-state index contributed by atoms with van der Waals surface area (Å²) < 4.78 is 5.25. The van der Waals surface area contributed by atoms with Crippen molar-refractivity contribution in [2.45, 2.75) is 25.3 Å². The number of hydrogen-bond donors (Lipinski definition) is 1. The Bertz CT molecular complexity index is 691. The first-order valence-corrected chi connectivity index (χ1v) is 8.75. The molecule has 0 fully saturated rings. The molecular formula is C20H23Cl2NO. The van der Waals surface area contributed by atoms with Gasteiger partial charge in [0.1, 0.15) is 5.75 Å². The fourth-order valence-corrected chi connectivity index (χ4v) is 3.12. The van der Waals surface area contributed by atoms with Crippen LogP contribution < -0.4 is 10.1 Å². The lowest BCUT2D eigenvalue weighted by Crippen LogP contribution is -2.38. The van der Waals surface area contributed by atoms with Crippen molar-refractivity contribution < 1.29 is 4.74 Å². The lowest BCUT2D eigenvalue weighted by atomic mass is 9.84. The number of nitrogens with one attached hydrogen (secondary N) is 1. The zero-order valence-electron chi connectivity index (χ0n) is 14.3. The Labute approximate surface area is 154 Å². The third kappa shape index (κ3) is 4.32. The van der Waals surface area contributed by atoms with Crippen LogP contribution in [-0.4, -0.2) is 14.2 Å². The summed E-state index contributed by atoms with van der Waals surface area (Å²) in [7, 11) is 3.68. The molecule has 1 atom stereocenters. The highest BCUT2D eigenvalue weighted by Crippen LogP contribution is 2.31. The number of rotatable bonds is 7. The largest absolute Gasteiger partial charge is 0.497 e. The molecule has 0 aliphatic carbocycles. The van der Waals surface area contributed by atoms with E-state index >= 15 is 0 Å². The summed E-state index contributed by atoms with van der Waals surface area (Å²) in [6.45, 7) is 2.19. The van der Waals surface area contributed by atoms with E-state index in [1.807, 2.05) is 37.4 Å². The van der Waals surface area contributed by atoms with E-state index in [1.54, 1.807) is 7.11 Å². The Kier molecular flexibility index (Phi) is 6.73. The lowest BCUT2D eigenvalue weighted by molar-refractivity contribution is 0.350. The SMILES string of the molecule is CCC(CC=Cc1ccc(Cl)c(Cl)c1)(NC)c1ccc(OC)cc1. The van der Waals surface area contributed by atoms with Crippen molar-refractivity contribution in [3.63, 3.8) is 0 Å². The predicted molar refractivity (Wildman–Crippen MR) is 104 cm³/mol. The van der Waals surface area contributed by atoms with Crippen molar-refractivity contribution in [1.29, 1.82) is 0 Å². The Balaban J connectivity index is 2.20. The maximum atomic E-state index is 6.07. The summed E-state index contributed by atoms with van der Waals surface area (Å²) in [6.07, 6.45) is 6.09. The molecule has 1 N–H and O–H groups in total. The lowest BCUT2D eigenvalue weighted by Gasteiger charge is -2.32. The molecule has 1 unspecified atom stereocenters. The molecular weight excluding hydrogens is 341 g/mol. The second-order valence-corrected chi connectivity index (χ2v) is 6.51. The average molecular weight is 364 g/mol.